The van der Waals surface area contributed by atoms with E-state index < -0.39 is 0 Å². The minimum absolute atomic E-state index is 0.159. The first-order valence-corrected chi connectivity index (χ1v) is 8.26. The molecule has 0 bridgehead atoms. The van der Waals surface area contributed by atoms with Crippen LogP contribution in [-0.2, 0) is 5.41 Å². The highest BCUT2D eigenvalue weighted by Gasteiger charge is 2.55. The van der Waals surface area contributed by atoms with E-state index in [9.17, 15) is 0 Å². The molecule has 0 aromatic heterocycles. The number of hydrogen-bond acceptors (Lipinski definition) is 3. The summed E-state index contributed by atoms with van der Waals surface area (Å²) in [5.74, 6) is 0. The van der Waals surface area contributed by atoms with Crippen molar-refractivity contribution in [3.8, 4) is 0 Å². The number of nitrogens with zero attached hydrogens (tertiary/aromatic N) is 3. The van der Waals surface area contributed by atoms with Crippen LogP contribution in [0.15, 0.2) is 24.3 Å². The molecule has 3 rings (SSSR count). The van der Waals surface area contributed by atoms with Crippen LogP contribution in [0, 0.1) is 0 Å². The van der Waals surface area contributed by atoms with E-state index in [1.54, 1.807) is 0 Å². The summed E-state index contributed by atoms with van der Waals surface area (Å²) in [6.07, 6.45) is 1.64. The Kier molecular flexibility index (Phi) is 3.61. The average Bonchev–Trinajstić information content (AvgIpc) is 2.70. The van der Waals surface area contributed by atoms with Gasteiger partial charge in [0.2, 0.25) is 0 Å². The molecule has 2 heterocycles. The maximum atomic E-state index is 2.63. The van der Waals surface area contributed by atoms with Crippen molar-refractivity contribution in [1.82, 2.24) is 9.53 Å². The lowest BCUT2D eigenvalue weighted by Gasteiger charge is -2.54. The second-order valence-electron chi connectivity index (χ2n) is 7.19. The van der Waals surface area contributed by atoms with Crippen LogP contribution in [0.5, 0.6) is 0 Å². The zero-order chi connectivity index (χ0) is 15.4. The second-order valence-corrected chi connectivity index (χ2v) is 7.19. The molecule has 112 valence electrons. The lowest BCUT2D eigenvalue weighted by atomic mass is 9.55. The predicted octanol–water partition coefficient (Wildman–Crippen LogP) is 3.00. The maximum Gasteiger partial charge on any atom is 0.330 e. The number of likely N-dealkylation sites (N-methyl/N-ethyl adjacent to an activating group) is 1. The Balaban J connectivity index is 2.09. The fraction of sp³-hybridized carbons (Fsp3) is 0.625. The fourth-order valence-corrected chi connectivity index (χ4v) is 4.52. The molecule has 0 aliphatic carbocycles. The van der Waals surface area contributed by atoms with Crippen molar-refractivity contribution in [3.05, 3.63) is 29.8 Å². The summed E-state index contributed by atoms with van der Waals surface area (Å²) in [6, 6.07) is 8.95. The summed E-state index contributed by atoms with van der Waals surface area (Å²) in [5, 5.41) is 0. The molecule has 3 nitrogen and oxygen atoms in total. The van der Waals surface area contributed by atoms with Crippen LogP contribution in [-0.4, -0.2) is 43.3 Å². The highest BCUT2D eigenvalue weighted by molar-refractivity contribution is 6.74. The van der Waals surface area contributed by atoms with Crippen molar-refractivity contribution in [3.63, 3.8) is 0 Å². The Labute approximate surface area is 130 Å². The minimum atomic E-state index is 0.159. The topological polar surface area (TPSA) is 9.72 Å². The van der Waals surface area contributed by atoms with E-state index in [0.717, 1.165) is 6.54 Å². The Morgan fingerprint density at radius 2 is 1.81 bits per heavy atom. The molecule has 2 aliphatic heterocycles. The van der Waals surface area contributed by atoms with Gasteiger partial charge in [0.25, 0.3) is 6.98 Å². The monoisotopic (exact) mass is 283 g/mol. The average molecular weight is 283 g/mol. The lowest BCUT2D eigenvalue weighted by molar-refractivity contribution is 0.253. The van der Waals surface area contributed by atoms with Crippen LogP contribution in [0.4, 0.5) is 5.69 Å². The third-order valence-corrected chi connectivity index (χ3v) is 5.60. The van der Waals surface area contributed by atoms with Crippen LogP contribution in [0.25, 0.3) is 0 Å². The van der Waals surface area contributed by atoms with Gasteiger partial charge in [-0.2, -0.15) is 0 Å². The Bertz CT molecular complexity index is 534. The first-order valence-electron chi connectivity index (χ1n) is 8.26. The van der Waals surface area contributed by atoms with Crippen LogP contribution >= 0.6 is 0 Å². The molecule has 5 heteroatoms. The first-order chi connectivity index (χ1) is 9.91. The molecule has 1 fully saturated rings. The van der Waals surface area contributed by atoms with Crippen molar-refractivity contribution in [2.24, 2.45) is 0 Å². The van der Waals surface area contributed by atoms with Crippen molar-refractivity contribution < 1.29 is 0 Å². The number of anilines is 1. The molecular formula is C16H27B2N3. The molecule has 0 amide bonds. The van der Waals surface area contributed by atoms with Crippen molar-refractivity contribution >= 4 is 19.7 Å². The van der Waals surface area contributed by atoms with Gasteiger partial charge in [-0.25, -0.2) is 0 Å². The van der Waals surface area contributed by atoms with Gasteiger partial charge in [-0.1, -0.05) is 52.6 Å². The Hall–Kier alpha value is -0.930. The summed E-state index contributed by atoms with van der Waals surface area (Å²) in [4.78, 5) is 5.18. The molecule has 1 atom stereocenters. The van der Waals surface area contributed by atoms with E-state index in [2.05, 4.69) is 80.1 Å². The van der Waals surface area contributed by atoms with Gasteiger partial charge >= 0.3 is 6.98 Å². The zero-order valence-electron chi connectivity index (χ0n) is 14.3. The second kappa shape index (κ2) is 5.06. The van der Waals surface area contributed by atoms with Crippen LogP contribution < -0.4 is 4.81 Å². The molecular weight excluding hydrogens is 256 g/mol. The number of para-hydroxylation sites is 1. The van der Waals surface area contributed by atoms with Gasteiger partial charge in [-0.15, -0.1) is 0 Å². The number of fused-ring (bicyclic) bond motifs is 3. The Morgan fingerprint density at radius 1 is 1.14 bits per heavy atom. The molecule has 0 N–H and O–H groups in total. The maximum absolute atomic E-state index is 2.63. The van der Waals surface area contributed by atoms with Gasteiger partial charge in [0.15, 0.2) is 0 Å². The van der Waals surface area contributed by atoms with E-state index in [0.29, 0.717) is 20.1 Å². The number of hydrogen-bond donors (Lipinski definition) is 0. The zero-order valence-corrected chi connectivity index (χ0v) is 14.3. The van der Waals surface area contributed by atoms with Crippen molar-refractivity contribution in [2.45, 2.75) is 52.4 Å². The van der Waals surface area contributed by atoms with Gasteiger partial charge in [0.05, 0.1) is 6.17 Å². The van der Waals surface area contributed by atoms with E-state index in [1.165, 1.54) is 17.7 Å². The predicted molar refractivity (Wildman–Crippen MR) is 93.7 cm³/mol. The first kappa shape index (κ1) is 15.0. The highest BCUT2D eigenvalue weighted by atomic mass is 15.4. The molecule has 1 aromatic rings. The third-order valence-electron chi connectivity index (χ3n) is 5.60. The quantitative estimate of drug-likeness (QED) is 0.772. The van der Waals surface area contributed by atoms with E-state index >= 15 is 0 Å². The van der Waals surface area contributed by atoms with Gasteiger partial charge < -0.3 is 14.3 Å². The molecule has 21 heavy (non-hydrogen) atoms. The molecule has 2 aliphatic rings. The molecule has 0 spiro atoms. The summed E-state index contributed by atoms with van der Waals surface area (Å²) < 4.78 is 2.62. The smallest absolute Gasteiger partial charge is 0.330 e. The Morgan fingerprint density at radius 3 is 2.48 bits per heavy atom. The minimum Gasteiger partial charge on any atom is -0.386 e. The molecule has 0 saturated carbocycles. The van der Waals surface area contributed by atoms with Crippen LogP contribution in [0.1, 0.15) is 32.8 Å². The van der Waals surface area contributed by atoms with Crippen molar-refractivity contribution in [1.29, 1.82) is 0 Å². The van der Waals surface area contributed by atoms with Crippen molar-refractivity contribution in [2.75, 3.05) is 18.4 Å². The fourth-order valence-electron chi connectivity index (χ4n) is 4.52. The van der Waals surface area contributed by atoms with Gasteiger partial charge in [0.1, 0.15) is 0 Å². The molecule has 1 aromatic carbocycles. The summed E-state index contributed by atoms with van der Waals surface area (Å²) in [6.45, 7) is 13.8. The third kappa shape index (κ3) is 1.97. The summed E-state index contributed by atoms with van der Waals surface area (Å²) in [5.41, 5.74) is 3.06. The molecule has 0 radical (unpaired) electrons. The van der Waals surface area contributed by atoms with Gasteiger partial charge in [-0.3, -0.25) is 0 Å². The lowest BCUT2D eigenvalue weighted by Crippen LogP contribution is -2.74. The molecule has 1 saturated heterocycles. The summed E-state index contributed by atoms with van der Waals surface area (Å²) >= 11 is 0. The van der Waals surface area contributed by atoms with Crippen LogP contribution in [0.3, 0.4) is 0 Å². The number of rotatable bonds is 2. The number of benzene rings is 1. The van der Waals surface area contributed by atoms with Gasteiger partial charge in [-0.05, 0) is 31.6 Å². The van der Waals surface area contributed by atoms with E-state index in [1.807, 2.05) is 0 Å². The van der Waals surface area contributed by atoms with Crippen LogP contribution in [0.2, 0.25) is 13.6 Å². The SMILES string of the molecule is CCCN1B(C)N(C)C2N(B1C)c1ccccc1C2(C)C. The van der Waals surface area contributed by atoms with Gasteiger partial charge in [0, 0.05) is 11.1 Å². The van der Waals surface area contributed by atoms with E-state index in [4.69, 9.17) is 0 Å². The van der Waals surface area contributed by atoms with E-state index in [-0.39, 0.29) is 5.41 Å². The normalized spacial score (nSPS) is 25.2. The molecule has 1 unspecified atom stereocenters. The largest absolute Gasteiger partial charge is 0.386 e. The highest BCUT2D eigenvalue weighted by Crippen LogP contribution is 2.48. The summed E-state index contributed by atoms with van der Waals surface area (Å²) in [7, 11) is 2.28. The standard InChI is InChI=1S/C16H27B2N3/c1-7-12-20-17(4)19(6)15-16(2,3)13-10-8-9-11-14(13)21(15)18(20)5/h8-11,15H,7,12H2,1-6H3.